The molecule has 2 saturated heterocycles. The Morgan fingerprint density at radius 2 is 2.04 bits per heavy atom. The molecule has 1 aromatic heterocycles. The lowest BCUT2D eigenvalue weighted by Crippen LogP contribution is -2.54. The van der Waals surface area contributed by atoms with Gasteiger partial charge in [-0.3, -0.25) is 14.4 Å². The molecular formula is C18H29N5O2. The number of hydrogen-bond acceptors (Lipinski definition) is 5. The predicted octanol–water partition coefficient (Wildman–Crippen LogP) is 1.16. The summed E-state index contributed by atoms with van der Waals surface area (Å²) in [6.07, 6.45) is 11.0. The number of likely N-dealkylation sites (tertiary alicyclic amines) is 1. The van der Waals surface area contributed by atoms with Gasteiger partial charge in [-0.15, -0.1) is 0 Å². The Hall–Kier alpha value is -1.47. The second-order valence-electron chi connectivity index (χ2n) is 7.69. The standard InChI is InChI=1S/C18H29N5O2/c24-18(23-7-3-5-15-4-1-2-6-17(15)23)12-21-8-9-25-16(10-21)11-22-14-19-13-20-22/h13-17H,1-12H2/t15-,16-,17+/m0/s1. The van der Waals surface area contributed by atoms with E-state index in [0.29, 0.717) is 31.6 Å². The number of rotatable bonds is 4. The first kappa shape index (κ1) is 17.0. The predicted molar refractivity (Wildman–Crippen MR) is 92.9 cm³/mol. The third kappa shape index (κ3) is 4.03. The molecule has 25 heavy (non-hydrogen) atoms. The van der Waals surface area contributed by atoms with Gasteiger partial charge < -0.3 is 9.64 Å². The molecule has 0 N–H and O–H groups in total. The summed E-state index contributed by atoms with van der Waals surface area (Å²) in [5.41, 5.74) is 0. The Labute approximate surface area is 149 Å². The van der Waals surface area contributed by atoms with Crippen LogP contribution in [0.5, 0.6) is 0 Å². The summed E-state index contributed by atoms with van der Waals surface area (Å²) in [5.74, 6) is 1.06. The van der Waals surface area contributed by atoms with Crippen LogP contribution >= 0.6 is 0 Å². The van der Waals surface area contributed by atoms with Crippen molar-refractivity contribution in [1.29, 1.82) is 0 Å². The molecule has 138 valence electrons. The van der Waals surface area contributed by atoms with Crippen molar-refractivity contribution in [3.05, 3.63) is 12.7 Å². The topological polar surface area (TPSA) is 63.5 Å². The molecule has 0 bridgehead atoms. The van der Waals surface area contributed by atoms with E-state index in [1.165, 1.54) is 38.5 Å². The average molecular weight is 347 g/mol. The second-order valence-corrected chi connectivity index (χ2v) is 7.69. The zero-order chi connectivity index (χ0) is 17.1. The number of carbonyl (C=O) groups excluding carboxylic acids is 1. The number of hydrogen-bond donors (Lipinski definition) is 0. The van der Waals surface area contributed by atoms with Crippen molar-refractivity contribution < 1.29 is 9.53 Å². The van der Waals surface area contributed by atoms with Crippen LogP contribution in [0.3, 0.4) is 0 Å². The summed E-state index contributed by atoms with van der Waals surface area (Å²) in [5, 5.41) is 4.15. The lowest BCUT2D eigenvalue weighted by atomic mass is 9.78. The van der Waals surface area contributed by atoms with Crippen molar-refractivity contribution in [2.24, 2.45) is 5.92 Å². The summed E-state index contributed by atoms with van der Waals surface area (Å²) in [7, 11) is 0. The molecule has 1 saturated carbocycles. The minimum absolute atomic E-state index is 0.0760. The van der Waals surface area contributed by atoms with Crippen LogP contribution in [-0.4, -0.2) is 75.4 Å². The first-order chi connectivity index (χ1) is 12.3. The van der Waals surface area contributed by atoms with Crippen LogP contribution in [0.15, 0.2) is 12.7 Å². The van der Waals surface area contributed by atoms with E-state index in [-0.39, 0.29) is 6.10 Å². The van der Waals surface area contributed by atoms with Gasteiger partial charge in [0.15, 0.2) is 0 Å². The van der Waals surface area contributed by atoms with Gasteiger partial charge in [-0.05, 0) is 31.6 Å². The number of piperidine rings is 1. The summed E-state index contributed by atoms with van der Waals surface area (Å²) < 4.78 is 7.64. The third-order valence-corrected chi connectivity index (χ3v) is 6.00. The number of amides is 1. The molecule has 1 amide bonds. The first-order valence-corrected chi connectivity index (χ1v) is 9.75. The molecule has 4 rings (SSSR count). The summed E-state index contributed by atoms with van der Waals surface area (Å²) >= 11 is 0. The normalized spacial score (nSPS) is 30.9. The molecule has 0 aromatic carbocycles. The fraction of sp³-hybridized carbons (Fsp3) is 0.833. The molecule has 3 heterocycles. The van der Waals surface area contributed by atoms with Crippen molar-refractivity contribution in [2.45, 2.75) is 57.2 Å². The van der Waals surface area contributed by atoms with Crippen molar-refractivity contribution in [2.75, 3.05) is 32.8 Å². The van der Waals surface area contributed by atoms with E-state index in [2.05, 4.69) is 19.9 Å². The highest BCUT2D eigenvalue weighted by molar-refractivity contribution is 5.78. The number of fused-ring (bicyclic) bond motifs is 1. The summed E-state index contributed by atoms with van der Waals surface area (Å²) in [6.45, 7) is 4.47. The van der Waals surface area contributed by atoms with Gasteiger partial charge in [-0.1, -0.05) is 12.8 Å². The third-order valence-electron chi connectivity index (χ3n) is 6.00. The van der Waals surface area contributed by atoms with Crippen molar-refractivity contribution in [1.82, 2.24) is 24.6 Å². The zero-order valence-electron chi connectivity index (χ0n) is 14.9. The highest BCUT2D eigenvalue weighted by Crippen LogP contribution is 2.35. The molecule has 0 unspecified atom stereocenters. The van der Waals surface area contributed by atoms with E-state index in [1.807, 2.05) is 0 Å². The minimum Gasteiger partial charge on any atom is -0.374 e. The maximum absolute atomic E-state index is 13.0. The van der Waals surface area contributed by atoms with Crippen LogP contribution in [0.2, 0.25) is 0 Å². The molecule has 7 nitrogen and oxygen atoms in total. The van der Waals surface area contributed by atoms with E-state index in [4.69, 9.17) is 4.74 Å². The Morgan fingerprint density at radius 3 is 2.92 bits per heavy atom. The van der Waals surface area contributed by atoms with Crippen LogP contribution in [0.4, 0.5) is 0 Å². The SMILES string of the molecule is O=C(CN1CCO[C@H](Cn2cncn2)C1)N1CCC[C@@H]2CCCC[C@H]21. The molecule has 0 spiro atoms. The van der Waals surface area contributed by atoms with E-state index in [0.717, 1.165) is 25.6 Å². The Kier molecular flexibility index (Phi) is 5.31. The van der Waals surface area contributed by atoms with E-state index >= 15 is 0 Å². The number of ether oxygens (including phenoxy) is 1. The van der Waals surface area contributed by atoms with Gasteiger partial charge in [0.05, 0.1) is 25.8 Å². The van der Waals surface area contributed by atoms with Crippen LogP contribution in [0.25, 0.3) is 0 Å². The monoisotopic (exact) mass is 347 g/mol. The smallest absolute Gasteiger partial charge is 0.237 e. The molecule has 2 aliphatic heterocycles. The number of nitrogens with zero attached hydrogens (tertiary/aromatic N) is 5. The minimum atomic E-state index is 0.0760. The average Bonchev–Trinajstić information content (AvgIpc) is 3.14. The van der Waals surface area contributed by atoms with E-state index in [1.54, 1.807) is 17.3 Å². The van der Waals surface area contributed by atoms with Crippen LogP contribution in [-0.2, 0) is 16.1 Å². The molecule has 0 radical (unpaired) electrons. The maximum atomic E-state index is 13.0. The molecule has 3 aliphatic rings. The van der Waals surface area contributed by atoms with E-state index < -0.39 is 0 Å². The van der Waals surface area contributed by atoms with Gasteiger partial charge in [-0.25, -0.2) is 4.98 Å². The highest BCUT2D eigenvalue weighted by atomic mass is 16.5. The second kappa shape index (κ2) is 7.83. The van der Waals surface area contributed by atoms with Gasteiger partial charge in [0, 0.05) is 25.7 Å². The maximum Gasteiger partial charge on any atom is 0.237 e. The van der Waals surface area contributed by atoms with Crippen LogP contribution in [0.1, 0.15) is 38.5 Å². The number of carbonyl (C=O) groups is 1. The molecule has 7 heteroatoms. The molecule has 1 aromatic rings. The van der Waals surface area contributed by atoms with Crippen molar-refractivity contribution >= 4 is 5.91 Å². The Balaban J connectivity index is 1.32. The highest BCUT2D eigenvalue weighted by Gasteiger charge is 2.36. The van der Waals surface area contributed by atoms with Gasteiger partial charge in [0.1, 0.15) is 12.7 Å². The summed E-state index contributed by atoms with van der Waals surface area (Å²) in [6, 6.07) is 0.502. The van der Waals surface area contributed by atoms with Crippen LogP contribution in [0, 0.1) is 5.92 Å². The summed E-state index contributed by atoms with van der Waals surface area (Å²) in [4.78, 5) is 21.4. The lowest BCUT2D eigenvalue weighted by molar-refractivity contribution is -0.140. The number of aromatic nitrogens is 3. The fourth-order valence-electron chi connectivity index (χ4n) is 4.79. The molecule has 3 atom stereocenters. The molecule has 1 aliphatic carbocycles. The lowest BCUT2D eigenvalue weighted by Gasteiger charge is -2.45. The molecule has 3 fully saturated rings. The van der Waals surface area contributed by atoms with E-state index in [9.17, 15) is 4.79 Å². The quantitative estimate of drug-likeness (QED) is 0.818. The van der Waals surface area contributed by atoms with Crippen molar-refractivity contribution in [3.63, 3.8) is 0 Å². The van der Waals surface area contributed by atoms with Gasteiger partial charge in [0.2, 0.25) is 5.91 Å². The largest absolute Gasteiger partial charge is 0.374 e. The zero-order valence-corrected chi connectivity index (χ0v) is 14.9. The number of morpholine rings is 1. The first-order valence-electron chi connectivity index (χ1n) is 9.75. The van der Waals surface area contributed by atoms with Gasteiger partial charge >= 0.3 is 0 Å². The van der Waals surface area contributed by atoms with Crippen molar-refractivity contribution in [3.8, 4) is 0 Å². The van der Waals surface area contributed by atoms with Gasteiger partial charge in [0.25, 0.3) is 0 Å². The Bertz CT molecular complexity index is 562. The molecular weight excluding hydrogens is 318 g/mol. The Morgan fingerprint density at radius 1 is 1.16 bits per heavy atom. The van der Waals surface area contributed by atoms with Crippen LogP contribution < -0.4 is 0 Å². The van der Waals surface area contributed by atoms with Gasteiger partial charge in [-0.2, -0.15) is 5.10 Å². The fourth-order valence-corrected chi connectivity index (χ4v) is 4.79.